The largest absolute Gasteiger partial charge is 0.480 e. The lowest BCUT2D eigenvalue weighted by molar-refractivity contribution is -0.139. The normalized spacial score (nSPS) is 20.1. The molecule has 0 saturated carbocycles. The second-order valence-corrected chi connectivity index (χ2v) is 6.26. The van der Waals surface area contributed by atoms with Crippen LogP contribution >= 0.6 is 0 Å². The minimum atomic E-state index is -3.63. The molecule has 0 fully saturated rings. The standard InChI is InChI=1S/C12H14N2O4S/c1-7(2)10(12(15)16)13-11-8-5-3-4-6-9(8)19(17,18)14-11/h3-7,10H,1-2H3,(H,13,14)(H,15,16). The third kappa shape index (κ3) is 2.46. The number of carbonyl (C=O) groups is 1. The fourth-order valence-electron chi connectivity index (χ4n) is 1.86. The van der Waals surface area contributed by atoms with Crippen molar-refractivity contribution in [1.29, 1.82) is 0 Å². The van der Waals surface area contributed by atoms with Gasteiger partial charge in [-0.3, -0.25) is 9.71 Å². The Kier molecular flexibility index (Phi) is 3.32. The second kappa shape index (κ2) is 4.65. The first kappa shape index (κ1) is 13.5. The number of hydrogen-bond acceptors (Lipinski definition) is 4. The summed E-state index contributed by atoms with van der Waals surface area (Å²) in [6, 6.07) is 5.38. The van der Waals surface area contributed by atoms with Gasteiger partial charge in [0.05, 0.1) is 4.90 Å². The number of rotatable bonds is 3. The lowest BCUT2D eigenvalue weighted by atomic mass is 10.1. The monoisotopic (exact) mass is 282 g/mol. The van der Waals surface area contributed by atoms with Gasteiger partial charge in [0.2, 0.25) is 0 Å². The molecule has 6 nitrogen and oxygen atoms in total. The highest BCUT2D eigenvalue weighted by atomic mass is 32.2. The molecule has 1 aromatic rings. The summed E-state index contributed by atoms with van der Waals surface area (Å²) in [5.74, 6) is -1.22. The van der Waals surface area contributed by atoms with Crippen molar-refractivity contribution in [3.63, 3.8) is 0 Å². The van der Waals surface area contributed by atoms with Crippen LogP contribution in [0.1, 0.15) is 19.4 Å². The molecule has 7 heteroatoms. The molecule has 1 unspecified atom stereocenters. The van der Waals surface area contributed by atoms with Crippen LogP contribution in [0.2, 0.25) is 0 Å². The fraction of sp³-hybridized carbons (Fsp3) is 0.333. The molecule has 0 bridgehead atoms. The summed E-state index contributed by atoms with van der Waals surface area (Å²) in [7, 11) is -3.63. The molecule has 19 heavy (non-hydrogen) atoms. The summed E-state index contributed by atoms with van der Waals surface area (Å²) < 4.78 is 26.0. The highest BCUT2D eigenvalue weighted by Gasteiger charge is 2.32. The number of sulfonamides is 1. The second-order valence-electron chi connectivity index (χ2n) is 4.61. The van der Waals surface area contributed by atoms with Crippen molar-refractivity contribution in [2.75, 3.05) is 0 Å². The average Bonchev–Trinajstić information content (AvgIpc) is 2.58. The van der Waals surface area contributed by atoms with Crippen LogP contribution in [0.3, 0.4) is 0 Å². The Morgan fingerprint density at radius 3 is 2.53 bits per heavy atom. The molecule has 0 radical (unpaired) electrons. The molecular weight excluding hydrogens is 268 g/mol. The Morgan fingerprint density at radius 2 is 1.95 bits per heavy atom. The number of fused-ring (bicyclic) bond motifs is 1. The summed E-state index contributed by atoms with van der Waals surface area (Å²) in [4.78, 5) is 15.3. The van der Waals surface area contributed by atoms with E-state index in [0.29, 0.717) is 5.56 Å². The summed E-state index contributed by atoms with van der Waals surface area (Å²) in [5, 5.41) is 9.10. The van der Waals surface area contributed by atoms with Crippen molar-refractivity contribution in [2.45, 2.75) is 24.8 Å². The molecule has 2 rings (SSSR count). The first-order valence-corrected chi connectivity index (χ1v) is 7.24. The Bertz CT molecular complexity index is 649. The van der Waals surface area contributed by atoms with Gasteiger partial charge in [0.1, 0.15) is 5.84 Å². The van der Waals surface area contributed by atoms with Crippen LogP contribution in [-0.2, 0) is 14.8 Å². The van der Waals surface area contributed by atoms with E-state index in [0.717, 1.165) is 0 Å². The van der Waals surface area contributed by atoms with Crippen LogP contribution in [0.15, 0.2) is 34.2 Å². The molecule has 1 atom stereocenters. The number of carboxylic acids is 1. The zero-order chi connectivity index (χ0) is 14.2. The molecule has 1 aromatic carbocycles. The summed E-state index contributed by atoms with van der Waals surface area (Å²) in [5.41, 5.74) is 0.411. The van der Waals surface area contributed by atoms with Gasteiger partial charge in [0.15, 0.2) is 6.04 Å². The quantitative estimate of drug-likeness (QED) is 0.858. The van der Waals surface area contributed by atoms with Crippen molar-refractivity contribution in [1.82, 2.24) is 4.72 Å². The number of nitrogens with one attached hydrogen (secondary N) is 1. The maximum Gasteiger partial charge on any atom is 0.328 e. The van der Waals surface area contributed by atoms with Crippen molar-refractivity contribution in [3.8, 4) is 0 Å². The first-order chi connectivity index (χ1) is 8.83. The molecule has 1 aliphatic heterocycles. The molecule has 0 spiro atoms. The van der Waals surface area contributed by atoms with Gasteiger partial charge in [-0.05, 0) is 18.1 Å². The van der Waals surface area contributed by atoms with Crippen LogP contribution in [-0.4, -0.2) is 31.4 Å². The van der Waals surface area contributed by atoms with Crippen molar-refractivity contribution < 1.29 is 18.3 Å². The summed E-state index contributed by atoms with van der Waals surface area (Å²) in [6.07, 6.45) is 0. The molecule has 0 aromatic heterocycles. The van der Waals surface area contributed by atoms with Crippen molar-refractivity contribution in [3.05, 3.63) is 29.8 Å². The predicted molar refractivity (Wildman–Crippen MR) is 69.6 cm³/mol. The SMILES string of the molecule is CC(C)C(N=C1NS(=O)(=O)c2ccccc21)C(=O)O. The van der Waals surface area contributed by atoms with Gasteiger partial charge in [-0.2, -0.15) is 0 Å². The van der Waals surface area contributed by atoms with E-state index in [1.54, 1.807) is 32.0 Å². The number of aliphatic imine (C=N–C) groups is 1. The highest BCUT2D eigenvalue weighted by Crippen LogP contribution is 2.23. The van der Waals surface area contributed by atoms with Crippen LogP contribution in [0.4, 0.5) is 0 Å². The third-order valence-corrected chi connectivity index (χ3v) is 4.21. The van der Waals surface area contributed by atoms with Gasteiger partial charge in [-0.15, -0.1) is 0 Å². The van der Waals surface area contributed by atoms with Gasteiger partial charge >= 0.3 is 5.97 Å². The zero-order valence-electron chi connectivity index (χ0n) is 10.5. The molecule has 0 aliphatic carbocycles. The van der Waals surface area contributed by atoms with Crippen LogP contribution in [0.5, 0.6) is 0 Å². The van der Waals surface area contributed by atoms with E-state index in [1.807, 2.05) is 0 Å². The number of aliphatic carboxylic acids is 1. The molecule has 0 amide bonds. The Hall–Kier alpha value is -1.89. The van der Waals surface area contributed by atoms with Gasteiger partial charge in [0, 0.05) is 5.56 Å². The smallest absolute Gasteiger partial charge is 0.328 e. The van der Waals surface area contributed by atoms with Crippen LogP contribution in [0.25, 0.3) is 0 Å². The molecule has 0 saturated heterocycles. The Labute approximate surface area is 111 Å². The van der Waals surface area contributed by atoms with E-state index in [9.17, 15) is 13.2 Å². The maximum absolute atomic E-state index is 11.8. The number of nitrogens with zero attached hydrogens (tertiary/aromatic N) is 1. The Morgan fingerprint density at radius 1 is 1.32 bits per heavy atom. The van der Waals surface area contributed by atoms with Gasteiger partial charge in [-0.1, -0.05) is 26.0 Å². The maximum atomic E-state index is 11.8. The molecule has 2 N–H and O–H groups in total. The average molecular weight is 282 g/mol. The highest BCUT2D eigenvalue weighted by molar-refractivity contribution is 7.90. The minimum Gasteiger partial charge on any atom is -0.480 e. The van der Waals surface area contributed by atoms with Gasteiger partial charge in [-0.25, -0.2) is 13.2 Å². The zero-order valence-corrected chi connectivity index (χ0v) is 11.3. The van der Waals surface area contributed by atoms with E-state index < -0.39 is 22.0 Å². The molecular formula is C12H14N2O4S. The van der Waals surface area contributed by atoms with Crippen molar-refractivity contribution in [2.24, 2.45) is 10.9 Å². The van der Waals surface area contributed by atoms with Gasteiger partial charge in [0.25, 0.3) is 10.0 Å². The van der Waals surface area contributed by atoms with E-state index in [2.05, 4.69) is 9.71 Å². The summed E-state index contributed by atoms with van der Waals surface area (Å²) in [6.45, 7) is 3.44. The number of carboxylic acid groups (broad SMARTS) is 1. The van der Waals surface area contributed by atoms with E-state index in [-0.39, 0.29) is 16.6 Å². The topological polar surface area (TPSA) is 95.8 Å². The minimum absolute atomic E-state index is 0.0942. The molecule has 1 aliphatic rings. The van der Waals surface area contributed by atoms with Crippen LogP contribution in [0, 0.1) is 5.92 Å². The number of benzene rings is 1. The fourth-order valence-corrected chi connectivity index (χ4v) is 3.10. The predicted octanol–water partition coefficient (Wildman–Crippen LogP) is 0.834. The van der Waals surface area contributed by atoms with Gasteiger partial charge < -0.3 is 5.11 Å². The third-order valence-electron chi connectivity index (χ3n) is 2.82. The lowest BCUT2D eigenvalue weighted by Crippen LogP contribution is -2.30. The summed E-state index contributed by atoms with van der Waals surface area (Å²) >= 11 is 0. The van der Waals surface area contributed by atoms with E-state index >= 15 is 0 Å². The lowest BCUT2D eigenvalue weighted by Gasteiger charge is -2.12. The Balaban J connectivity index is 2.52. The first-order valence-electron chi connectivity index (χ1n) is 5.76. The van der Waals surface area contributed by atoms with E-state index in [1.165, 1.54) is 6.07 Å². The molecule has 1 heterocycles. The van der Waals surface area contributed by atoms with Crippen molar-refractivity contribution >= 4 is 21.8 Å². The van der Waals surface area contributed by atoms with Crippen LogP contribution < -0.4 is 4.72 Å². The van der Waals surface area contributed by atoms with E-state index in [4.69, 9.17) is 5.11 Å². The number of amidine groups is 1. The number of hydrogen-bond donors (Lipinski definition) is 2. The molecule has 102 valence electrons.